The van der Waals surface area contributed by atoms with Gasteiger partial charge in [0, 0.05) is 29.6 Å². The van der Waals surface area contributed by atoms with Gasteiger partial charge in [0.1, 0.15) is 0 Å². The zero-order valence-corrected chi connectivity index (χ0v) is 12.3. The van der Waals surface area contributed by atoms with E-state index in [0.717, 1.165) is 13.1 Å². The molecule has 0 unspecified atom stereocenters. The minimum absolute atomic E-state index is 0.183. The lowest BCUT2D eigenvalue weighted by Crippen LogP contribution is -2.36. The van der Waals surface area contributed by atoms with Crippen LogP contribution < -0.4 is 5.32 Å². The van der Waals surface area contributed by atoms with E-state index < -0.39 is 0 Å². The van der Waals surface area contributed by atoms with Crippen LogP contribution in [0, 0.1) is 5.41 Å². The van der Waals surface area contributed by atoms with Crippen LogP contribution in [0.3, 0.4) is 0 Å². The average Bonchev–Trinajstić information content (AvgIpc) is 2.63. The first-order valence-corrected chi connectivity index (χ1v) is 7.37. The Hall–Kier alpha value is -0.410. The topological polar surface area (TPSA) is 24.9 Å². The highest BCUT2D eigenvalue weighted by atomic mass is 32.1. The minimum atomic E-state index is 0.183. The minimum Gasteiger partial charge on any atom is -0.311 e. The van der Waals surface area contributed by atoms with E-state index in [-0.39, 0.29) is 5.41 Å². The molecule has 1 fully saturated rings. The zero-order chi connectivity index (χ0) is 12.5. The fourth-order valence-electron chi connectivity index (χ4n) is 2.18. The maximum Gasteiger partial charge on any atom is 0.0981 e. The van der Waals surface area contributed by atoms with Crippen molar-refractivity contribution in [3.8, 4) is 0 Å². The molecule has 0 amide bonds. The molecule has 0 atom stereocenters. The van der Waals surface area contributed by atoms with Crippen molar-refractivity contribution in [2.24, 2.45) is 5.41 Å². The highest BCUT2D eigenvalue weighted by Gasteiger charge is 2.30. The quantitative estimate of drug-likeness (QED) is 0.883. The van der Waals surface area contributed by atoms with Crippen molar-refractivity contribution in [1.29, 1.82) is 0 Å². The third-order valence-electron chi connectivity index (χ3n) is 3.61. The number of aromatic nitrogens is 1. The Morgan fingerprint density at radius 3 is 2.59 bits per heavy atom. The number of thiazole rings is 1. The summed E-state index contributed by atoms with van der Waals surface area (Å²) in [6.45, 7) is 11.2. The molecule has 0 aromatic carbocycles. The first-order chi connectivity index (χ1) is 7.89. The zero-order valence-electron chi connectivity index (χ0n) is 11.5. The molecule has 0 aliphatic heterocycles. The van der Waals surface area contributed by atoms with Gasteiger partial charge in [-0.1, -0.05) is 34.1 Å². The van der Waals surface area contributed by atoms with E-state index >= 15 is 0 Å². The molecule has 1 N–H and O–H groups in total. The highest BCUT2D eigenvalue weighted by molar-refractivity contribution is 7.11. The fraction of sp³-hybridized carbons (Fsp3) is 0.786. The monoisotopic (exact) mass is 252 g/mol. The maximum absolute atomic E-state index is 4.52. The van der Waals surface area contributed by atoms with Gasteiger partial charge in [-0.15, -0.1) is 11.3 Å². The molecule has 0 radical (unpaired) electrons. The van der Waals surface area contributed by atoms with E-state index in [9.17, 15) is 0 Å². The SMILES string of the molecule is CC1(CNCc2cnc(C(C)(C)C)s2)CCC1. The Labute approximate surface area is 109 Å². The van der Waals surface area contributed by atoms with E-state index in [0.29, 0.717) is 5.41 Å². The summed E-state index contributed by atoms with van der Waals surface area (Å²) in [5, 5.41) is 4.82. The number of hydrogen-bond acceptors (Lipinski definition) is 3. The number of rotatable bonds is 4. The Kier molecular flexibility index (Phi) is 3.60. The molecular formula is C14H24N2S. The molecule has 1 saturated carbocycles. The first kappa shape index (κ1) is 13.0. The van der Waals surface area contributed by atoms with E-state index in [1.165, 1.54) is 29.1 Å². The van der Waals surface area contributed by atoms with E-state index in [1.807, 2.05) is 17.5 Å². The second-order valence-corrected chi connectivity index (χ2v) is 7.76. The smallest absolute Gasteiger partial charge is 0.0981 e. The molecule has 1 aromatic rings. The summed E-state index contributed by atoms with van der Waals surface area (Å²) < 4.78 is 0. The summed E-state index contributed by atoms with van der Waals surface area (Å²) in [5.74, 6) is 0. The second kappa shape index (κ2) is 4.69. The van der Waals surface area contributed by atoms with Crippen molar-refractivity contribution in [1.82, 2.24) is 10.3 Å². The summed E-state index contributed by atoms with van der Waals surface area (Å²) in [4.78, 5) is 5.87. The predicted octanol–water partition coefficient (Wildman–Crippen LogP) is 3.72. The Morgan fingerprint density at radius 2 is 2.12 bits per heavy atom. The molecule has 2 nitrogen and oxygen atoms in total. The standard InChI is InChI=1S/C14H24N2S/c1-13(2,3)12-16-9-11(17-12)8-15-10-14(4)6-5-7-14/h9,15H,5-8,10H2,1-4H3. The third-order valence-corrected chi connectivity index (χ3v) is 5.03. The van der Waals surface area contributed by atoms with E-state index in [2.05, 4.69) is 38.0 Å². The van der Waals surface area contributed by atoms with Gasteiger partial charge in [0.05, 0.1) is 5.01 Å². The molecule has 1 heterocycles. The molecule has 1 aliphatic carbocycles. The molecule has 0 saturated heterocycles. The van der Waals surface area contributed by atoms with Crippen molar-refractivity contribution < 1.29 is 0 Å². The van der Waals surface area contributed by atoms with Gasteiger partial charge in [0.25, 0.3) is 0 Å². The second-order valence-electron chi connectivity index (χ2n) is 6.65. The Morgan fingerprint density at radius 1 is 1.41 bits per heavy atom. The van der Waals surface area contributed by atoms with Gasteiger partial charge in [-0.3, -0.25) is 0 Å². The highest BCUT2D eigenvalue weighted by Crippen LogP contribution is 2.39. The van der Waals surface area contributed by atoms with Gasteiger partial charge in [-0.05, 0) is 18.3 Å². The molecule has 1 aromatic heterocycles. The van der Waals surface area contributed by atoms with Gasteiger partial charge in [0.15, 0.2) is 0 Å². The summed E-state index contributed by atoms with van der Waals surface area (Å²) >= 11 is 1.84. The lowest BCUT2D eigenvalue weighted by molar-refractivity contribution is 0.156. The van der Waals surface area contributed by atoms with Crippen LogP contribution in [0.15, 0.2) is 6.20 Å². The summed E-state index contributed by atoms with van der Waals surface area (Å²) in [5.41, 5.74) is 0.750. The Balaban J connectivity index is 1.81. The van der Waals surface area contributed by atoms with Crippen molar-refractivity contribution in [2.75, 3.05) is 6.54 Å². The van der Waals surface area contributed by atoms with Gasteiger partial charge in [-0.2, -0.15) is 0 Å². The molecular weight excluding hydrogens is 228 g/mol. The molecule has 0 bridgehead atoms. The molecule has 3 heteroatoms. The number of nitrogens with one attached hydrogen (secondary N) is 1. The molecule has 1 aliphatic rings. The van der Waals surface area contributed by atoms with Gasteiger partial charge in [-0.25, -0.2) is 4.98 Å². The summed E-state index contributed by atoms with van der Waals surface area (Å²) in [7, 11) is 0. The molecule has 2 rings (SSSR count). The first-order valence-electron chi connectivity index (χ1n) is 6.55. The lowest BCUT2D eigenvalue weighted by Gasteiger charge is -2.38. The largest absolute Gasteiger partial charge is 0.311 e. The van der Waals surface area contributed by atoms with Crippen molar-refractivity contribution >= 4 is 11.3 Å². The summed E-state index contributed by atoms with van der Waals surface area (Å²) in [6.07, 6.45) is 6.21. The van der Waals surface area contributed by atoms with E-state index in [1.54, 1.807) is 0 Å². The van der Waals surface area contributed by atoms with Crippen LogP contribution in [0.2, 0.25) is 0 Å². The van der Waals surface area contributed by atoms with Crippen LogP contribution in [-0.4, -0.2) is 11.5 Å². The van der Waals surface area contributed by atoms with Crippen LogP contribution in [-0.2, 0) is 12.0 Å². The predicted molar refractivity (Wildman–Crippen MR) is 74.5 cm³/mol. The van der Waals surface area contributed by atoms with Crippen LogP contribution in [0.1, 0.15) is 56.8 Å². The van der Waals surface area contributed by atoms with Crippen LogP contribution in [0.4, 0.5) is 0 Å². The fourth-order valence-corrected chi connectivity index (χ4v) is 3.12. The van der Waals surface area contributed by atoms with Crippen molar-refractivity contribution in [2.45, 2.75) is 58.9 Å². The van der Waals surface area contributed by atoms with Crippen molar-refractivity contribution in [3.63, 3.8) is 0 Å². The van der Waals surface area contributed by atoms with Gasteiger partial charge < -0.3 is 5.32 Å². The normalized spacial score (nSPS) is 19.1. The molecule has 17 heavy (non-hydrogen) atoms. The lowest BCUT2D eigenvalue weighted by atomic mass is 9.70. The van der Waals surface area contributed by atoms with Crippen molar-refractivity contribution in [3.05, 3.63) is 16.1 Å². The summed E-state index contributed by atoms with van der Waals surface area (Å²) in [6, 6.07) is 0. The molecule has 96 valence electrons. The maximum atomic E-state index is 4.52. The van der Waals surface area contributed by atoms with Gasteiger partial charge in [0.2, 0.25) is 0 Å². The van der Waals surface area contributed by atoms with Crippen LogP contribution >= 0.6 is 11.3 Å². The molecule has 0 spiro atoms. The van der Waals surface area contributed by atoms with E-state index in [4.69, 9.17) is 0 Å². The number of hydrogen-bond donors (Lipinski definition) is 1. The van der Waals surface area contributed by atoms with Crippen LogP contribution in [0.25, 0.3) is 0 Å². The Bertz CT molecular complexity index is 372. The number of nitrogens with zero attached hydrogens (tertiary/aromatic N) is 1. The van der Waals surface area contributed by atoms with Crippen LogP contribution in [0.5, 0.6) is 0 Å². The third kappa shape index (κ3) is 3.29. The van der Waals surface area contributed by atoms with Gasteiger partial charge >= 0.3 is 0 Å². The average molecular weight is 252 g/mol.